The van der Waals surface area contributed by atoms with Crippen LogP contribution in [0.3, 0.4) is 0 Å². The Morgan fingerprint density at radius 1 is 1.15 bits per heavy atom. The minimum Gasteiger partial charge on any atom is -0.435 e. The fraction of sp³-hybridized carbons (Fsp3) is 0.538. The lowest BCUT2D eigenvalue weighted by atomic mass is 9.78. The third-order valence-electron chi connectivity index (χ3n) is 3.79. The van der Waals surface area contributed by atoms with E-state index in [1.807, 2.05) is 27.7 Å². The minimum absolute atomic E-state index is 0.0118. The fourth-order valence-electron chi connectivity index (χ4n) is 1.91. The van der Waals surface area contributed by atoms with Crippen molar-refractivity contribution in [2.24, 2.45) is 0 Å². The normalized spacial score (nSPS) is 20.4. The molecular weight excluding hydrogens is 267 g/mol. The van der Waals surface area contributed by atoms with Gasteiger partial charge in [-0.15, -0.1) is 0 Å². The fourth-order valence-corrected chi connectivity index (χ4v) is 1.91. The molecule has 7 heteroatoms. The van der Waals surface area contributed by atoms with E-state index in [0.29, 0.717) is 11.2 Å². The van der Waals surface area contributed by atoms with Gasteiger partial charge in [0.15, 0.2) is 0 Å². The molecular formula is C13H18BF2NO3. The first-order valence-corrected chi connectivity index (χ1v) is 6.32. The molecule has 1 aromatic rings. The zero-order valence-electron chi connectivity index (χ0n) is 11.9. The number of anilines is 1. The Bertz CT molecular complexity index is 492. The van der Waals surface area contributed by atoms with E-state index in [1.165, 1.54) is 12.1 Å². The van der Waals surface area contributed by atoms with Crippen LogP contribution in [0.25, 0.3) is 0 Å². The van der Waals surface area contributed by atoms with Crippen molar-refractivity contribution < 1.29 is 22.8 Å². The first-order valence-electron chi connectivity index (χ1n) is 6.32. The van der Waals surface area contributed by atoms with Gasteiger partial charge in [-0.1, -0.05) is 6.07 Å². The molecule has 20 heavy (non-hydrogen) atoms. The van der Waals surface area contributed by atoms with Gasteiger partial charge >= 0.3 is 13.7 Å². The van der Waals surface area contributed by atoms with Crippen LogP contribution in [0.15, 0.2) is 18.2 Å². The number of alkyl halides is 2. The van der Waals surface area contributed by atoms with Gasteiger partial charge in [0, 0.05) is 17.2 Å². The van der Waals surface area contributed by atoms with Crippen LogP contribution < -0.4 is 15.9 Å². The lowest BCUT2D eigenvalue weighted by Crippen LogP contribution is -2.41. The molecule has 1 fully saturated rings. The van der Waals surface area contributed by atoms with E-state index in [0.717, 1.165) is 0 Å². The number of hydrogen-bond donors (Lipinski definition) is 1. The van der Waals surface area contributed by atoms with E-state index >= 15 is 0 Å². The van der Waals surface area contributed by atoms with Gasteiger partial charge in [0.25, 0.3) is 0 Å². The molecule has 0 aromatic heterocycles. The number of hydrogen-bond acceptors (Lipinski definition) is 4. The lowest BCUT2D eigenvalue weighted by molar-refractivity contribution is -0.0497. The summed E-state index contributed by atoms with van der Waals surface area (Å²) in [4.78, 5) is 0. The SMILES string of the molecule is CC1(C)OB(c2ccc(OC(F)F)cc2N)OC1(C)C. The van der Waals surface area contributed by atoms with Crippen molar-refractivity contribution in [3.05, 3.63) is 18.2 Å². The second-order valence-corrected chi connectivity index (χ2v) is 5.76. The zero-order valence-corrected chi connectivity index (χ0v) is 11.9. The topological polar surface area (TPSA) is 53.7 Å². The summed E-state index contributed by atoms with van der Waals surface area (Å²) in [5.41, 5.74) is 5.80. The molecule has 1 aliphatic heterocycles. The molecule has 110 valence electrons. The molecule has 0 spiro atoms. The quantitative estimate of drug-likeness (QED) is 0.683. The van der Waals surface area contributed by atoms with Crippen LogP contribution in [-0.2, 0) is 9.31 Å². The van der Waals surface area contributed by atoms with Gasteiger partial charge in [0.2, 0.25) is 0 Å². The summed E-state index contributed by atoms with van der Waals surface area (Å²) in [5, 5.41) is 0. The highest BCUT2D eigenvalue weighted by Gasteiger charge is 2.52. The minimum atomic E-state index is -2.88. The number of benzene rings is 1. The maximum absolute atomic E-state index is 12.1. The largest absolute Gasteiger partial charge is 0.496 e. The van der Waals surface area contributed by atoms with Gasteiger partial charge in [0.1, 0.15) is 5.75 Å². The van der Waals surface area contributed by atoms with E-state index in [-0.39, 0.29) is 5.75 Å². The summed E-state index contributed by atoms with van der Waals surface area (Å²) < 4.78 is 40.3. The summed E-state index contributed by atoms with van der Waals surface area (Å²) >= 11 is 0. The first-order chi connectivity index (χ1) is 9.12. The van der Waals surface area contributed by atoms with E-state index in [1.54, 1.807) is 6.07 Å². The Labute approximate surface area is 117 Å². The molecule has 0 amide bonds. The van der Waals surface area contributed by atoms with E-state index in [4.69, 9.17) is 15.0 Å². The molecule has 0 bridgehead atoms. The highest BCUT2D eigenvalue weighted by atomic mass is 19.3. The van der Waals surface area contributed by atoms with Gasteiger partial charge in [0.05, 0.1) is 11.2 Å². The molecule has 0 saturated carbocycles. The molecule has 1 saturated heterocycles. The van der Waals surface area contributed by atoms with Gasteiger partial charge in [-0.25, -0.2) is 0 Å². The summed E-state index contributed by atoms with van der Waals surface area (Å²) in [7, 11) is -0.624. The predicted octanol–water partition coefficient (Wildman–Crippen LogP) is 2.17. The average molecular weight is 285 g/mol. The molecule has 2 N–H and O–H groups in total. The third kappa shape index (κ3) is 2.74. The molecule has 1 aliphatic rings. The number of ether oxygens (including phenoxy) is 1. The standard InChI is InChI=1S/C13H18BF2NO3/c1-12(2)13(3,4)20-14(19-12)9-6-5-8(7-10(9)17)18-11(15)16/h5-7,11H,17H2,1-4H3. The van der Waals surface area contributed by atoms with Crippen molar-refractivity contribution in [3.8, 4) is 5.75 Å². The van der Waals surface area contributed by atoms with Crippen LogP contribution in [0, 0.1) is 0 Å². The van der Waals surface area contributed by atoms with Crippen LogP contribution in [-0.4, -0.2) is 24.9 Å². The number of halogens is 2. The van der Waals surface area contributed by atoms with E-state index in [9.17, 15) is 8.78 Å². The number of nitrogen functional groups attached to an aromatic ring is 1. The highest BCUT2D eigenvalue weighted by Crippen LogP contribution is 2.37. The molecule has 0 unspecified atom stereocenters. The first kappa shape index (κ1) is 15.1. The molecule has 2 rings (SSSR count). The monoisotopic (exact) mass is 285 g/mol. The zero-order chi connectivity index (χ0) is 15.1. The summed E-state index contributed by atoms with van der Waals surface area (Å²) in [6, 6.07) is 4.34. The van der Waals surface area contributed by atoms with Crippen LogP contribution in [0.4, 0.5) is 14.5 Å². The van der Waals surface area contributed by atoms with Crippen LogP contribution in [0.2, 0.25) is 0 Å². The highest BCUT2D eigenvalue weighted by molar-refractivity contribution is 6.63. The van der Waals surface area contributed by atoms with Crippen molar-refractivity contribution in [3.63, 3.8) is 0 Å². The van der Waals surface area contributed by atoms with Crippen molar-refractivity contribution >= 4 is 18.3 Å². The van der Waals surface area contributed by atoms with E-state index in [2.05, 4.69) is 4.74 Å². The second-order valence-electron chi connectivity index (χ2n) is 5.76. The Balaban J connectivity index is 2.23. The third-order valence-corrected chi connectivity index (χ3v) is 3.79. The van der Waals surface area contributed by atoms with Crippen molar-refractivity contribution in [2.75, 3.05) is 5.73 Å². The molecule has 1 heterocycles. The van der Waals surface area contributed by atoms with Gasteiger partial charge in [-0.05, 0) is 33.8 Å². The maximum Gasteiger partial charge on any atom is 0.496 e. The summed E-state index contributed by atoms with van der Waals surface area (Å²) in [6.45, 7) is 4.83. The molecule has 4 nitrogen and oxygen atoms in total. The predicted molar refractivity (Wildman–Crippen MR) is 73.2 cm³/mol. The molecule has 1 aromatic carbocycles. The number of rotatable bonds is 3. The van der Waals surface area contributed by atoms with Gasteiger partial charge < -0.3 is 19.8 Å². The summed E-state index contributed by atoms with van der Waals surface area (Å²) in [6.07, 6.45) is 0. The molecule has 0 atom stereocenters. The van der Waals surface area contributed by atoms with Gasteiger partial charge in [-0.2, -0.15) is 8.78 Å². The Hall–Kier alpha value is -1.34. The lowest BCUT2D eigenvalue weighted by Gasteiger charge is -2.32. The maximum atomic E-state index is 12.1. The molecule has 0 aliphatic carbocycles. The van der Waals surface area contributed by atoms with Gasteiger partial charge in [-0.3, -0.25) is 0 Å². The Morgan fingerprint density at radius 2 is 1.70 bits per heavy atom. The van der Waals surface area contributed by atoms with Crippen LogP contribution in [0.1, 0.15) is 27.7 Å². The average Bonchev–Trinajstić information content (AvgIpc) is 2.46. The van der Waals surface area contributed by atoms with Crippen LogP contribution >= 0.6 is 0 Å². The smallest absolute Gasteiger partial charge is 0.435 e. The summed E-state index contributed by atoms with van der Waals surface area (Å²) in [5.74, 6) is 0.0118. The van der Waals surface area contributed by atoms with Crippen molar-refractivity contribution in [1.82, 2.24) is 0 Å². The van der Waals surface area contributed by atoms with Crippen molar-refractivity contribution in [1.29, 1.82) is 0 Å². The Kier molecular flexibility index (Phi) is 3.68. The van der Waals surface area contributed by atoms with Crippen LogP contribution in [0.5, 0.6) is 5.75 Å². The van der Waals surface area contributed by atoms with E-state index < -0.39 is 24.9 Å². The Morgan fingerprint density at radius 3 is 2.15 bits per heavy atom. The number of nitrogens with two attached hydrogens (primary N) is 1. The molecule has 0 radical (unpaired) electrons. The van der Waals surface area contributed by atoms with Crippen molar-refractivity contribution in [2.45, 2.75) is 45.5 Å². The second kappa shape index (κ2) is 4.89.